The summed E-state index contributed by atoms with van der Waals surface area (Å²) in [7, 11) is 0. The number of anilines is 1. The molecule has 2 aromatic carbocycles. The van der Waals surface area contributed by atoms with E-state index in [9.17, 15) is 0 Å². The van der Waals surface area contributed by atoms with Gasteiger partial charge in [0.15, 0.2) is 0 Å². The maximum atomic E-state index is 4.22. The number of hydrogen-bond acceptors (Lipinski definition) is 2. The van der Waals surface area contributed by atoms with Crippen LogP contribution in [-0.2, 0) is 0 Å². The normalized spacial score (nSPS) is 10.7. The summed E-state index contributed by atoms with van der Waals surface area (Å²) in [6.45, 7) is 4.14. The van der Waals surface area contributed by atoms with Crippen molar-refractivity contribution < 1.29 is 0 Å². The Morgan fingerprint density at radius 1 is 0.941 bits per heavy atom. The third-order valence-electron chi connectivity index (χ3n) is 2.47. The molecule has 0 atom stereocenters. The lowest BCUT2D eigenvalue weighted by Gasteiger charge is -2.01. The summed E-state index contributed by atoms with van der Waals surface area (Å²) in [6.07, 6.45) is 1.83. The lowest BCUT2D eigenvalue weighted by atomic mass is 10.2. The number of nitrogens with one attached hydrogen (secondary N) is 1. The molecule has 0 fully saturated rings. The zero-order valence-corrected chi connectivity index (χ0v) is 10.1. The second kappa shape index (κ2) is 5.30. The van der Waals surface area contributed by atoms with Crippen molar-refractivity contribution in [1.29, 1.82) is 0 Å². The molecule has 0 unspecified atom stereocenters. The van der Waals surface area contributed by atoms with Gasteiger partial charge in [0.2, 0.25) is 0 Å². The van der Waals surface area contributed by atoms with Crippen LogP contribution in [0.15, 0.2) is 53.6 Å². The van der Waals surface area contributed by atoms with Crippen LogP contribution in [0, 0.1) is 13.8 Å². The molecule has 0 spiro atoms. The maximum Gasteiger partial charge on any atom is 0.0564 e. The molecule has 0 saturated carbocycles. The minimum absolute atomic E-state index is 1.01. The molecule has 2 heteroatoms. The molecule has 0 aliphatic rings. The fraction of sp³-hybridized carbons (Fsp3) is 0.133. The monoisotopic (exact) mass is 224 g/mol. The van der Waals surface area contributed by atoms with E-state index in [1.165, 1.54) is 11.1 Å². The third-order valence-corrected chi connectivity index (χ3v) is 2.47. The predicted octanol–water partition coefficient (Wildman–Crippen LogP) is 3.75. The number of hydrogen-bond donors (Lipinski definition) is 1. The number of rotatable bonds is 3. The predicted molar refractivity (Wildman–Crippen MR) is 73.6 cm³/mol. The Bertz CT molecular complexity index is 530. The smallest absolute Gasteiger partial charge is 0.0564 e. The van der Waals surface area contributed by atoms with Gasteiger partial charge in [-0.05, 0) is 37.1 Å². The van der Waals surface area contributed by atoms with E-state index in [1.807, 2.05) is 30.5 Å². The van der Waals surface area contributed by atoms with Crippen LogP contribution in [0.1, 0.15) is 16.7 Å². The van der Waals surface area contributed by atoms with E-state index in [0.29, 0.717) is 0 Å². The van der Waals surface area contributed by atoms with Gasteiger partial charge in [-0.2, -0.15) is 5.10 Å². The zero-order chi connectivity index (χ0) is 12.1. The fourth-order valence-electron chi connectivity index (χ4n) is 1.65. The van der Waals surface area contributed by atoms with E-state index < -0.39 is 0 Å². The molecular formula is C15H16N2. The minimum Gasteiger partial charge on any atom is -0.278 e. The lowest BCUT2D eigenvalue weighted by molar-refractivity contribution is 1.33. The highest BCUT2D eigenvalue weighted by Gasteiger charge is 1.90. The first-order valence-electron chi connectivity index (χ1n) is 5.66. The summed E-state index contributed by atoms with van der Waals surface area (Å²) < 4.78 is 0. The van der Waals surface area contributed by atoms with Crippen LogP contribution in [0.4, 0.5) is 5.69 Å². The highest BCUT2D eigenvalue weighted by atomic mass is 15.3. The first-order chi connectivity index (χ1) is 8.24. The average Bonchev–Trinajstić information content (AvgIpc) is 2.29. The summed E-state index contributed by atoms with van der Waals surface area (Å²) in [5.74, 6) is 0. The van der Waals surface area contributed by atoms with E-state index in [4.69, 9.17) is 0 Å². The highest BCUT2D eigenvalue weighted by Crippen LogP contribution is 2.09. The molecule has 0 saturated heterocycles. The Hall–Kier alpha value is -2.09. The summed E-state index contributed by atoms with van der Waals surface area (Å²) in [5, 5.41) is 4.22. The molecule has 2 aromatic rings. The molecule has 0 aromatic heterocycles. The summed E-state index contributed by atoms with van der Waals surface area (Å²) in [6, 6.07) is 16.4. The van der Waals surface area contributed by atoms with Crippen molar-refractivity contribution in [2.45, 2.75) is 13.8 Å². The van der Waals surface area contributed by atoms with Gasteiger partial charge in [0.25, 0.3) is 0 Å². The van der Waals surface area contributed by atoms with E-state index in [0.717, 1.165) is 11.3 Å². The van der Waals surface area contributed by atoms with Crippen LogP contribution >= 0.6 is 0 Å². The molecule has 86 valence electrons. The van der Waals surface area contributed by atoms with E-state index in [2.05, 4.69) is 48.6 Å². The molecule has 1 N–H and O–H groups in total. The van der Waals surface area contributed by atoms with Crippen molar-refractivity contribution in [3.8, 4) is 0 Å². The van der Waals surface area contributed by atoms with E-state index >= 15 is 0 Å². The lowest BCUT2D eigenvalue weighted by Crippen LogP contribution is -1.91. The van der Waals surface area contributed by atoms with Crippen molar-refractivity contribution >= 4 is 11.9 Å². The van der Waals surface area contributed by atoms with Gasteiger partial charge >= 0.3 is 0 Å². The van der Waals surface area contributed by atoms with Crippen LogP contribution < -0.4 is 5.43 Å². The van der Waals surface area contributed by atoms with Crippen LogP contribution in [0.5, 0.6) is 0 Å². The van der Waals surface area contributed by atoms with Gasteiger partial charge in [-0.25, -0.2) is 0 Å². The van der Waals surface area contributed by atoms with Crippen molar-refractivity contribution in [1.82, 2.24) is 0 Å². The van der Waals surface area contributed by atoms with Crippen LogP contribution in [0.3, 0.4) is 0 Å². The third kappa shape index (κ3) is 3.45. The van der Waals surface area contributed by atoms with Crippen LogP contribution in [0.2, 0.25) is 0 Å². The van der Waals surface area contributed by atoms with Crippen molar-refractivity contribution in [2.24, 2.45) is 5.10 Å². The number of hydrazone groups is 1. The highest BCUT2D eigenvalue weighted by molar-refractivity contribution is 5.80. The van der Waals surface area contributed by atoms with Crippen LogP contribution in [0.25, 0.3) is 0 Å². The van der Waals surface area contributed by atoms with E-state index in [-0.39, 0.29) is 0 Å². The molecule has 0 aliphatic heterocycles. The number of aryl methyl sites for hydroxylation is 2. The Kier molecular flexibility index (Phi) is 3.55. The minimum atomic E-state index is 1.01. The molecular weight excluding hydrogens is 208 g/mol. The second-order valence-electron chi connectivity index (χ2n) is 4.15. The number of benzene rings is 2. The standard InChI is InChI=1S/C15H16N2/c1-12-5-3-7-14(9-12)11-16-17-15-8-4-6-13(2)10-15/h3-11,17H,1-2H3/b16-11+. The summed E-state index contributed by atoms with van der Waals surface area (Å²) in [5.41, 5.74) is 7.60. The largest absolute Gasteiger partial charge is 0.278 e. The van der Waals surface area contributed by atoms with Gasteiger partial charge in [0, 0.05) is 0 Å². The van der Waals surface area contributed by atoms with Crippen molar-refractivity contribution in [3.63, 3.8) is 0 Å². The van der Waals surface area contributed by atoms with E-state index in [1.54, 1.807) is 0 Å². The maximum absolute atomic E-state index is 4.22. The SMILES string of the molecule is Cc1cccc(/C=N/Nc2cccc(C)c2)c1. The molecule has 0 radical (unpaired) electrons. The molecule has 0 bridgehead atoms. The molecule has 2 rings (SSSR count). The summed E-state index contributed by atoms with van der Waals surface area (Å²) >= 11 is 0. The molecule has 0 aliphatic carbocycles. The molecule has 17 heavy (non-hydrogen) atoms. The molecule has 2 nitrogen and oxygen atoms in total. The number of nitrogens with zero attached hydrogens (tertiary/aromatic N) is 1. The van der Waals surface area contributed by atoms with Gasteiger partial charge in [0.05, 0.1) is 11.9 Å². The Morgan fingerprint density at radius 3 is 2.35 bits per heavy atom. The Balaban J connectivity index is 2.03. The topological polar surface area (TPSA) is 24.4 Å². The first kappa shape index (κ1) is 11.4. The van der Waals surface area contributed by atoms with Gasteiger partial charge in [0.1, 0.15) is 0 Å². The van der Waals surface area contributed by atoms with Crippen LogP contribution in [-0.4, -0.2) is 6.21 Å². The van der Waals surface area contributed by atoms with Gasteiger partial charge in [-0.15, -0.1) is 0 Å². The van der Waals surface area contributed by atoms with Gasteiger partial charge in [-0.1, -0.05) is 42.0 Å². The van der Waals surface area contributed by atoms with Crippen molar-refractivity contribution in [3.05, 3.63) is 65.2 Å². The van der Waals surface area contributed by atoms with Crippen molar-refractivity contribution in [2.75, 3.05) is 5.43 Å². The average molecular weight is 224 g/mol. The molecule has 0 amide bonds. The Morgan fingerprint density at radius 2 is 1.65 bits per heavy atom. The fourth-order valence-corrected chi connectivity index (χ4v) is 1.65. The molecule has 0 heterocycles. The second-order valence-corrected chi connectivity index (χ2v) is 4.15. The Labute approximate surface area is 102 Å². The first-order valence-corrected chi connectivity index (χ1v) is 5.66. The zero-order valence-electron chi connectivity index (χ0n) is 10.1. The van der Waals surface area contributed by atoms with Gasteiger partial charge < -0.3 is 0 Å². The van der Waals surface area contributed by atoms with Gasteiger partial charge in [-0.3, -0.25) is 5.43 Å². The summed E-state index contributed by atoms with van der Waals surface area (Å²) in [4.78, 5) is 0. The quantitative estimate of drug-likeness (QED) is 0.623.